The molecule has 1 fully saturated rings. The zero-order valence-corrected chi connectivity index (χ0v) is 15.1. The number of benzene rings is 1. The van der Waals surface area contributed by atoms with Crippen molar-refractivity contribution < 1.29 is 9.63 Å². The van der Waals surface area contributed by atoms with Crippen molar-refractivity contribution in [2.24, 2.45) is 0 Å². The van der Waals surface area contributed by atoms with E-state index >= 15 is 0 Å². The summed E-state index contributed by atoms with van der Waals surface area (Å²) in [7, 11) is 0. The van der Waals surface area contributed by atoms with Crippen LogP contribution in [0.2, 0.25) is 0 Å². The SMILES string of the molecule is Cc1noc(CC2(O)CCCN(Cc3nc4ccccc4nc3C)C2)n1. The van der Waals surface area contributed by atoms with Gasteiger partial charge < -0.3 is 9.63 Å². The van der Waals surface area contributed by atoms with E-state index in [1.165, 1.54) is 0 Å². The minimum Gasteiger partial charge on any atom is -0.388 e. The Hall–Kier alpha value is -2.38. The van der Waals surface area contributed by atoms with Crippen LogP contribution in [0.4, 0.5) is 0 Å². The normalized spacial score (nSPS) is 21.3. The zero-order chi connectivity index (χ0) is 18.1. The maximum atomic E-state index is 11.0. The Labute approximate surface area is 152 Å². The van der Waals surface area contributed by atoms with Crippen LogP contribution >= 0.6 is 0 Å². The highest BCUT2D eigenvalue weighted by Crippen LogP contribution is 2.26. The zero-order valence-electron chi connectivity index (χ0n) is 15.1. The van der Waals surface area contributed by atoms with E-state index in [9.17, 15) is 5.11 Å². The van der Waals surface area contributed by atoms with Gasteiger partial charge in [-0.05, 0) is 45.4 Å². The van der Waals surface area contributed by atoms with Gasteiger partial charge >= 0.3 is 0 Å². The van der Waals surface area contributed by atoms with Crippen LogP contribution in [-0.2, 0) is 13.0 Å². The molecule has 7 heteroatoms. The Balaban J connectivity index is 1.50. The number of aromatic nitrogens is 4. The standard InChI is InChI=1S/C19H23N5O2/c1-13-17(22-16-7-4-3-6-15(16)20-13)11-24-9-5-8-19(25,12-24)10-18-21-14(2)23-26-18/h3-4,6-7,25H,5,8-12H2,1-2H3. The molecule has 1 atom stereocenters. The minimum absolute atomic E-state index is 0.382. The van der Waals surface area contributed by atoms with Crippen molar-refractivity contribution >= 4 is 11.0 Å². The lowest BCUT2D eigenvalue weighted by Crippen LogP contribution is -2.49. The average Bonchev–Trinajstić information content (AvgIpc) is 3.00. The molecule has 2 aromatic heterocycles. The predicted molar refractivity (Wildman–Crippen MR) is 96.5 cm³/mol. The first kappa shape index (κ1) is 17.1. The number of rotatable bonds is 4. The first-order valence-electron chi connectivity index (χ1n) is 8.97. The van der Waals surface area contributed by atoms with E-state index in [0.717, 1.165) is 41.8 Å². The van der Waals surface area contributed by atoms with Gasteiger partial charge in [0.1, 0.15) is 0 Å². The van der Waals surface area contributed by atoms with Gasteiger partial charge in [0.2, 0.25) is 5.89 Å². The molecule has 7 nitrogen and oxygen atoms in total. The van der Waals surface area contributed by atoms with Crippen molar-refractivity contribution in [1.29, 1.82) is 0 Å². The summed E-state index contributed by atoms with van der Waals surface area (Å²) in [6.45, 7) is 5.94. The van der Waals surface area contributed by atoms with Crippen molar-refractivity contribution in [1.82, 2.24) is 25.0 Å². The smallest absolute Gasteiger partial charge is 0.229 e. The molecule has 0 amide bonds. The van der Waals surface area contributed by atoms with Gasteiger partial charge in [0.05, 0.1) is 34.4 Å². The van der Waals surface area contributed by atoms with Crippen LogP contribution in [0.25, 0.3) is 11.0 Å². The topological polar surface area (TPSA) is 88.2 Å². The first-order chi connectivity index (χ1) is 12.5. The number of para-hydroxylation sites is 2. The molecular weight excluding hydrogens is 330 g/mol. The van der Waals surface area contributed by atoms with Gasteiger partial charge in [0.15, 0.2) is 5.82 Å². The molecular formula is C19H23N5O2. The minimum atomic E-state index is -0.852. The highest BCUT2D eigenvalue weighted by atomic mass is 16.5. The Morgan fingerprint density at radius 1 is 1.15 bits per heavy atom. The summed E-state index contributed by atoms with van der Waals surface area (Å²) in [6.07, 6.45) is 2.03. The van der Waals surface area contributed by atoms with Crippen molar-refractivity contribution in [3.63, 3.8) is 0 Å². The molecule has 0 aliphatic carbocycles. The maximum absolute atomic E-state index is 11.0. The van der Waals surface area contributed by atoms with E-state index < -0.39 is 5.60 Å². The van der Waals surface area contributed by atoms with E-state index in [4.69, 9.17) is 9.51 Å². The Kier molecular flexibility index (Phi) is 4.42. The van der Waals surface area contributed by atoms with E-state index in [1.807, 2.05) is 31.2 Å². The number of likely N-dealkylation sites (tertiary alicyclic amines) is 1. The number of fused-ring (bicyclic) bond motifs is 1. The third-order valence-electron chi connectivity index (χ3n) is 4.90. The molecule has 136 valence electrons. The monoisotopic (exact) mass is 353 g/mol. The fraction of sp³-hybridized carbons (Fsp3) is 0.474. The molecule has 3 heterocycles. The lowest BCUT2D eigenvalue weighted by Gasteiger charge is -2.38. The molecule has 0 saturated carbocycles. The molecule has 0 radical (unpaired) electrons. The molecule has 1 aromatic carbocycles. The Bertz CT molecular complexity index is 925. The molecule has 3 aromatic rings. The maximum Gasteiger partial charge on any atom is 0.229 e. The van der Waals surface area contributed by atoms with E-state index in [2.05, 4.69) is 20.0 Å². The highest BCUT2D eigenvalue weighted by molar-refractivity contribution is 5.74. The summed E-state index contributed by atoms with van der Waals surface area (Å²) in [5.41, 5.74) is 2.86. The van der Waals surface area contributed by atoms with Gasteiger partial charge in [-0.15, -0.1) is 0 Å². The number of hydrogen-bond acceptors (Lipinski definition) is 7. The fourth-order valence-corrected chi connectivity index (χ4v) is 3.66. The van der Waals surface area contributed by atoms with Crippen LogP contribution in [0.5, 0.6) is 0 Å². The number of aliphatic hydroxyl groups is 1. The van der Waals surface area contributed by atoms with Crippen LogP contribution in [-0.4, -0.2) is 48.8 Å². The molecule has 26 heavy (non-hydrogen) atoms. The van der Waals surface area contributed by atoms with Crippen LogP contribution in [0, 0.1) is 13.8 Å². The second-order valence-corrected chi connectivity index (χ2v) is 7.20. The van der Waals surface area contributed by atoms with Gasteiger partial charge in [0, 0.05) is 13.1 Å². The second kappa shape index (κ2) is 6.74. The van der Waals surface area contributed by atoms with Crippen LogP contribution in [0.3, 0.4) is 0 Å². The fourth-order valence-electron chi connectivity index (χ4n) is 3.66. The molecule has 4 rings (SSSR count). The quantitative estimate of drug-likeness (QED) is 0.769. The van der Waals surface area contributed by atoms with Gasteiger partial charge in [-0.2, -0.15) is 4.98 Å². The summed E-state index contributed by atoms with van der Waals surface area (Å²) in [5, 5.41) is 14.8. The van der Waals surface area contributed by atoms with E-state index in [0.29, 0.717) is 31.2 Å². The lowest BCUT2D eigenvalue weighted by atomic mass is 9.89. The number of nitrogens with zero attached hydrogens (tertiary/aromatic N) is 5. The van der Waals surface area contributed by atoms with Gasteiger partial charge in [0.25, 0.3) is 0 Å². The average molecular weight is 353 g/mol. The first-order valence-corrected chi connectivity index (χ1v) is 8.97. The highest BCUT2D eigenvalue weighted by Gasteiger charge is 2.35. The summed E-state index contributed by atoms with van der Waals surface area (Å²) in [6, 6.07) is 7.91. The largest absolute Gasteiger partial charge is 0.388 e. The van der Waals surface area contributed by atoms with Crippen molar-refractivity contribution in [2.45, 2.75) is 45.3 Å². The third kappa shape index (κ3) is 3.59. The molecule has 1 aliphatic rings. The predicted octanol–water partition coefficient (Wildman–Crippen LogP) is 2.20. The molecule has 1 aliphatic heterocycles. The molecule has 1 unspecified atom stereocenters. The van der Waals surface area contributed by atoms with Crippen LogP contribution < -0.4 is 0 Å². The second-order valence-electron chi connectivity index (χ2n) is 7.20. The van der Waals surface area contributed by atoms with E-state index in [1.54, 1.807) is 6.92 Å². The van der Waals surface area contributed by atoms with Gasteiger partial charge in [-0.25, -0.2) is 9.97 Å². The Morgan fingerprint density at radius 2 is 1.92 bits per heavy atom. The molecule has 0 bridgehead atoms. The van der Waals surface area contributed by atoms with Crippen molar-refractivity contribution in [3.05, 3.63) is 47.4 Å². The third-order valence-corrected chi connectivity index (χ3v) is 4.90. The molecule has 1 N–H and O–H groups in total. The van der Waals surface area contributed by atoms with E-state index in [-0.39, 0.29) is 0 Å². The number of aryl methyl sites for hydroxylation is 2. The van der Waals surface area contributed by atoms with Crippen LogP contribution in [0.15, 0.2) is 28.8 Å². The lowest BCUT2D eigenvalue weighted by molar-refractivity contribution is -0.0377. The summed E-state index contributed by atoms with van der Waals surface area (Å²) in [4.78, 5) is 15.9. The van der Waals surface area contributed by atoms with Gasteiger partial charge in [-0.1, -0.05) is 17.3 Å². The number of β-amino-alcohol motifs (C(OH)–C–C–N with tert-alkyl or cyclic N) is 1. The number of hydrogen-bond donors (Lipinski definition) is 1. The Morgan fingerprint density at radius 3 is 2.65 bits per heavy atom. The summed E-state index contributed by atoms with van der Waals surface area (Å²) in [5.74, 6) is 1.09. The van der Waals surface area contributed by atoms with Crippen LogP contribution in [0.1, 0.15) is 35.9 Å². The van der Waals surface area contributed by atoms with Crippen molar-refractivity contribution in [3.8, 4) is 0 Å². The summed E-state index contributed by atoms with van der Waals surface area (Å²) < 4.78 is 5.19. The summed E-state index contributed by atoms with van der Waals surface area (Å²) >= 11 is 0. The molecule has 1 saturated heterocycles. The molecule has 0 spiro atoms. The van der Waals surface area contributed by atoms with Gasteiger partial charge in [-0.3, -0.25) is 4.90 Å². The number of piperidine rings is 1. The van der Waals surface area contributed by atoms with Crippen molar-refractivity contribution in [2.75, 3.05) is 13.1 Å².